The fraction of sp³-hybridized carbons (Fsp3) is 0.0625. The Labute approximate surface area is 400 Å². The zero-order valence-corrected chi connectivity index (χ0v) is 38.4. The van der Waals surface area contributed by atoms with Crippen LogP contribution in [0, 0.1) is 6.92 Å². The Hall–Kier alpha value is -8.34. The summed E-state index contributed by atoms with van der Waals surface area (Å²) in [4.78, 5) is 7.67. The predicted octanol–water partition coefficient (Wildman–Crippen LogP) is 15.8. The molecule has 0 aromatic heterocycles. The van der Waals surface area contributed by atoms with Gasteiger partial charge in [-0.1, -0.05) is 178 Å². The van der Waals surface area contributed by atoms with Crippen LogP contribution in [0.5, 0.6) is 0 Å². The van der Waals surface area contributed by atoms with E-state index in [2.05, 4.69) is 272 Å². The van der Waals surface area contributed by atoms with Gasteiger partial charge in [0.05, 0.1) is 5.69 Å². The maximum atomic E-state index is 2.62. The third-order valence-corrected chi connectivity index (χ3v) is 14.7. The molecule has 322 valence electrons. The lowest BCUT2D eigenvalue weighted by Crippen LogP contribution is -2.62. The number of hydrogen-bond donors (Lipinski definition) is 0. The molecule has 68 heavy (non-hydrogen) atoms. The number of anilines is 8. The molecule has 0 bridgehead atoms. The van der Waals surface area contributed by atoms with E-state index in [1.165, 1.54) is 94.9 Å². The summed E-state index contributed by atoms with van der Waals surface area (Å²) in [7, 11) is 0. The average molecular weight is 870 g/mol. The van der Waals surface area contributed by atoms with Gasteiger partial charge in [0.1, 0.15) is 0 Å². The van der Waals surface area contributed by atoms with Gasteiger partial charge in [-0.05, 0) is 146 Å². The smallest absolute Gasteiger partial charge is 0.333 e. The summed E-state index contributed by atoms with van der Waals surface area (Å²) in [6.45, 7) is 6.95. The number of fused-ring (bicyclic) bond motifs is 6. The number of nitrogens with zero attached hydrogens (tertiary/aromatic N) is 3. The molecule has 3 aliphatic heterocycles. The molecule has 10 aromatic carbocycles. The number of benzene rings is 10. The molecule has 0 atom stereocenters. The first kappa shape index (κ1) is 40.0. The van der Waals surface area contributed by atoms with Crippen molar-refractivity contribution in [2.75, 3.05) is 14.6 Å². The van der Waals surface area contributed by atoms with Crippen molar-refractivity contribution in [3.63, 3.8) is 0 Å². The second kappa shape index (κ2) is 15.6. The Morgan fingerprint density at radius 1 is 0.397 bits per heavy atom. The Bertz CT molecular complexity index is 3500. The second-order valence-corrected chi connectivity index (χ2v) is 19.0. The molecule has 0 N–H and O–H groups in total. The van der Waals surface area contributed by atoms with E-state index in [4.69, 9.17) is 0 Å². The highest BCUT2D eigenvalue weighted by Gasteiger charge is 2.49. The van der Waals surface area contributed by atoms with Gasteiger partial charge < -0.3 is 14.6 Å². The van der Waals surface area contributed by atoms with Crippen LogP contribution in [0.15, 0.2) is 237 Å². The highest BCUT2D eigenvalue weighted by molar-refractivity contribution is 6.93. The highest BCUT2D eigenvalue weighted by atomic mass is 15.2. The fourth-order valence-corrected chi connectivity index (χ4v) is 11.5. The Kier molecular flexibility index (Phi) is 9.20. The van der Waals surface area contributed by atoms with E-state index >= 15 is 0 Å². The SMILES string of the molecule is Cc1ccccc1-c1cc2c3c(c1)N1c4ccccc4C(C)(C)c4cccc(c41)B3N(c1ccccc1)c1ccc(N(c3cccc(-c4ccccc4)c3)c3cccc(-c4ccccc4)c3)cc1-2. The van der Waals surface area contributed by atoms with Crippen molar-refractivity contribution in [2.24, 2.45) is 0 Å². The van der Waals surface area contributed by atoms with Crippen molar-refractivity contribution in [3.8, 4) is 44.5 Å². The molecule has 0 radical (unpaired) electrons. The summed E-state index contributed by atoms with van der Waals surface area (Å²) in [6, 6.07) is 87.6. The minimum Gasteiger partial charge on any atom is -0.376 e. The molecule has 3 heterocycles. The van der Waals surface area contributed by atoms with E-state index in [-0.39, 0.29) is 12.3 Å². The van der Waals surface area contributed by atoms with Crippen LogP contribution in [0.3, 0.4) is 0 Å². The number of para-hydroxylation sites is 3. The highest BCUT2D eigenvalue weighted by Crippen LogP contribution is 2.56. The lowest BCUT2D eigenvalue weighted by molar-refractivity contribution is 0.632. The van der Waals surface area contributed by atoms with Crippen LogP contribution in [0.1, 0.15) is 30.5 Å². The Morgan fingerprint density at radius 2 is 0.971 bits per heavy atom. The maximum absolute atomic E-state index is 2.62. The van der Waals surface area contributed by atoms with Gasteiger partial charge in [-0.3, -0.25) is 0 Å². The molecule has 0 spiro atoms. The molecule has 10 aromatic rings. The quantitative estimate of drug-likeness (QED) is 0.148. The average Bonchev–Trinajstić information content (AvgIpc) is 3.39. The van der Waals surface area contributed by atoms with Crippen molar-refractivity contribution in [1.29, 1.82) is 0 Å². The predicted molar refractivity (Wildman–Crippen MR) is 288 cm³/mol. The first-order valence-electron chi connectivity index (χ1n) is 23.8. The standard InChI is InChI=1S/C64H48BN3/c1-43-20-13-14-31-53(43)48-40-55-54-42-52(66(50-29-17-25-46(38-50)44-21-7-4-8-22-44)51-30-18-26-47(39-51)45-23-9-5-10-24-45)36-37-59(54)68(49-27-11-6-12-28-49)65-58-34-19-33-57-63(58)67(61(41-48)62(55)65)60-35-16-15-32-56(60)64(57,2)3/h4-42H,1-3H3. The van der Waals surface area contributed by atoms with Gasteiger partial charge in [0, 0.05) is 50.8 Å². The third-order valence-electron chi connectivity index (χ3n) is 14.7. The molecular formula is C64H48BN3. The van der Waals surface area contributed by atoms with Crippen LogP contribution < -0.4 is 25.5 Å². The van der Waals surface area contributed by atoms with Gasteiger partial charge in [0.25, 0.3) is 0 Å². The summed E-state index contributed by atoms with van der Waals surface area (Å²) in [5.74, 6) is 0. The van der Waals surface area contributed by atoms with Crippen molar-refractivity contribution < 1.29 is 0 Å². The van der Waals surface area contributed by atoms with Crippen LogP contribution in [0.25, 0.3) is 44.5 Å². The van der Waals surface area contributed by atoms with Gasteiger partial charge in [0.2, 0.25) is 0 Å². The molecule has 4 heteroatoms. The van der Waals surface area contributed by atoms with Crippen LogP contribution in [-0.2, 0) is 5.41 Å². The molecule has 0 amide bonds. The monoisotopic (exact) mass is 869 g/mol. The zero-order valence-electron chi connectivity index (χ0n) is 38.4. The lowest BCUT2D eigenvalue weighted by Gasteiger charge is -2.50. The fourth-order valence-electron chi connectivity index (χ4n) is 11.5. The molecule has 0 aliphatic carbocycles. The molecule has 0 fully saturated rings. The molecular weight excluding hydrogens is 822 g/mol. The van der Waals surface area contributed by atoms with Crippen molar-refractivity contribution in [1.82, 2.24) is 0 Å². The van der Waals surface area contributed by atoms with E-state index in [1.54, 1.807) is 0 Å². The second-order valence-electron chi connectivity index (χ2n) is 19.0. The van der Waals surface area contributed by atoms with Crippen LogP contribution in [-0.4, -0.2) is 6.85 Å². The van der Waals surface area contributed by atoms with Gasteiger partial charge in [0.15, 0.2) is 0 Å². The van der Waals surface area contributed by atoms with Crippen LogP contribution in [0.4, 0.5) is 45.5 Å². The summed E-state index contributed by atoms with van der Waals surface area (Å²) >= 11 is 0. The van der Waals surface area contributed by atoms with E-state index in [0.29, 0.717) is 0 Å². The first-order chi connectivity index (χ1) is 33.4. The third kappa shape index (κ3) is 6.21. The normalized spacial score (nSPS) is 13.5. The summed E-state index contributed by atoms with van der Waals surface area (Å²) < 4.78 is 0. The molecule has 0 saturated heterocycles. The number of hydrogen-bond acceptors (Lipinski definition) is 3. The largest absolute Gasteiger partial charge is 0.376 e. The Balaban J connectivity index is 1.11. The van der Waals surface area contributed by atoms with Gasteiger partial charge in [-0.25, -0.2) is 0 Å². The summed E-state index contributed by atoms with van der Waals surface area (Å²) in [5.41, 5.74) is 25.4. The van der Waals surface area contributed by atoms with E-state index in [0.717, 1.165) is 22.7 Å². The molecule has 0 saturated carbocycles. The first-order valence-corrected chi connectivity index (χ1v) is 23.8. The van der Waals surface area contributed by atoms with Crippen LogP contribution >= 0.6 is 0 Å². The van der Waals surface area contributed by atoms with Gasteiger partial charge in [-0.15, -0.1) is 0 Å². The maximum Gasteiger partial charge on any atom is 0.333 e. The molecule has 3 aliphatic rings. The molecule has 13 rings (SSSR count). The van der Waals surface area contributed by atoms with Gasteiger partial charge >= 0.3 is 6.85 Å². The zero-order chi connectivity index (χ0) is 45.5. The topological polar surface area (TPSA) is 9.72 Å². The van der Waals surface area contributed by atoms with Crippen molar-refractivity contribution in [2.45, 2.75) is 26.2 Å². The number of aryl methyl sites for hydroxylation is 1. The minimum atomic E-state index is -0.204. The van der Waals surface area contributed by atoms with E-state index < -0.39 is 0 Å². The summed E-state index contributed by atoms with van der Waals surface area (Å²) in [5, 5.41) is 0. The van der Waals surface area contributed by atoms with E-state index in [9.17, 15) is 0 Å². The number of rotatable bonds is 7. The molecule has 0 unspecified atom stereocenters. The van der Waals surface area contributed by atoms with Crippen molar-refractivity contribution in [3.05, 3.63) is 253 Å². The van der Waals surface area contributed by atoms with Gasteiger partial charge in [-0.2, -0.15) is 0 Å². The minimum absolute atomic E-state index is 0.0832. The lowest BCUT2D eigenvalue weighted by atomic mass is 9.42. The van der Waals surface area contributed by atoms with Crippen LogP contribution in [0.2, 0.25) is 0 Å². The Morgan fingerprint density at radius 3 is 1.66 bits per heavy atom. The van der Waals surface area contributed by atoms with E-state index in [1.807, 2.05) is 0 Å². The summed E-state index contributed by atoms with van der Waals surface area (Å²) in [6.07, 6.45) is 0. The molecule has 3 nitrogen and oxygen atoms in total. The van der Waals surface area contributed by atoms with Crippen molar-refractivity contribution >= 4 is 63.3 Å².